The Morgan fingerprint density at radius 1 is 1.30 bits per heavy atom. The average Bonchev–Trinajstić information content (AvgIpc) is 2.37. The first kappa shape index (κ1) is 14.5. The third-order valence-corrected chi connectivity index (χ3v) is 2.89. The van der Waals surface area contributed by atoms with Crippen LogP contribution < -0.4 is 10.1 Å². The number of nitrogens with zero attached hydrogens (tertiary/aromatic N) is 2. The predicted octanol–water partition coefficient (Wildman–Crippen LogP) is 4.11. The van der Waals surface area contributed by atoms with Crippen LogP contribution in [0.25, 0.3) is 0 Å². The molecule has 6 heteroatoms. The summed E-state index contributed by atoms with van der Waals surface area (Å²) in [4.78, 5) is 7.84. The Balaban J connectivity index is 2.37. The van der Waals surface area contributed by atoms with Crippen LogP contribution in [0.1, 0.15) is 18.1 Å². The van der Waals surface area contributed by atoms with E-state index in [-0.39, 0.29) is 5.88 Å². The number of hydrogen-bond acceptors (Lipinski definition) is 4. The van der Waals surface area contributed by atoms with Gasteiger partial charge in [-0.2, -0.15) is 9.37 Å². The van der Waals surface area contributed by atoms with Gasteiger partial charge in [0.15, 0.2) is 0 Å². The van der Waals surface area contributed by atoms with Gasteiger partial charge in [0.2, 0.25) is 11.8 Å². The van der Waals surface area contributed by atoms with Gasteiger partial charge in [0.05, 0.1) is 6.20 Å². The van der Waals surface area contributed by atoms with Crippen LogP contribution in [0.15, 0.2) is 18.3 Å². The van der Waals surface area contributed by atoms with E-state index in [1.165, 1.54) is 0 Å². The molecule has 20 heavy (non-hydrogen) atoms. The lowest BCUT2D eigenvalue weighted by Crippen LogP contribution is -2.04. The molecule has 2 aromatic rings. The molecule has 1 aromatic heterocycles. The predicted molar refractivity (Wildman–Crippen MR) is 77.2 cm³/mol. The van der Waals surface area contributed by atoms with Gasteiger partial charge in [-0.05, 0) is 44.0 Å². The molecular weight excluding hydrogens is 281 g/mol. The normalized spacial score (nSPS) is 10.4. The van der Waals surface area contributed by atoms with Crippen molar-refractivity contribution in [2.75, 3.05) is 11.9 Å². The lowest BCUT2D eigenvalue weighted by Gasteiger charge is -2.12. The van der Waals surface area contributed by atoms with Crippen molar-refractivity contribution >= 4 is 17.5 Å². The van der Waals surface area contributed by atoms with Crippen LogP contribution in [0.4, 0.5) is 10.3 Å². The third kappa shape index (κ3) is 3.17. The Kier molecular flexibility index (Phi) is 4.39. The molecule has 0 bridgehead atoms. The summed E-state index contributed by atoms with van der Waals surface area (Å²) in [7, 11) is 0. The fourth-order valence-corrected chi connectivity index (χ4v) is 2.15. The van der Waals surface area contributed by atoms with Crippen molar-refractivity contribution in [2.45, 2.75) is 20.8 Å². The van der Waals surface area contributed by atoms with E-state index in [2.05, 4.69) is 15.3 Å². The van der Waals surface area contributed by atoms with Crippen LogP contribution in [0, 0.1) is 19.7 Å². The second-order valence-electron chi connectivity index (χ2n) is 4.35. The number of aryl methyl sites for hydroxylation is 2. The van der Waals surface area contributed by atoms with E-state index in [0.29, 0.717) is 23.3 Å². The highest BCUT2D eigenvalue weighted by Gasteiger charge is 2.13. The molecule has 0 amide bonds. The summed E-state index contributed by atoms with van der Waals surface area (Å²) in [6.45, 7) is 6.24. The fraction of sp³-hybridized carbons (Fsp3) is 0.286. The molecule has 0 aliphatic heterocycles. The highest BCUT2D eigenvalue weighted by atomic mass is 35.5. The number of anilines is 1. The highest BCUT2D eigenvalue weighted by Crippen LogP contribution is 2.31. The Morgan fingerprint density at radius 2 is 1.95 bits per heavy atom. The van der Waals surface area contributed by atoms with Crippen molar-refractivity contribution in [2.24, 2.45) is 0 Å². The number of hydrogen-bond donors (Lipinski definition) is 1. The largest absolute Gasteiger partial charge is 0.436 e. The van der Waals surface area contributed by atoms with Crippen molar-refractivity contribution in [3.8, 4) is 11.6 Å². The maximum Gasteiger partial charge on any atom is 0.260 e. The van der Waals surface area contributed by atoms with Gasteiger partial charge in [-0.25, -0.2) is 4.98 Å². The maximum absolute atomic E-state index is 13.7. The van der Waals surface area contributed by atoms with E-state index in [0.717, 1.165) is 17.3 Å². The van der Waals surface area contributed by atoms with E-state index in [9.17, 15) is 4.39 Å². The van der Waals surface area contributed by atoms with Gasteiger partial charge >= 0.3 is 0 Å². The molecule has 1 N–H and O–H groups in total. The molecule has 2 rings (SSSR count). The van der Waals surface area contributed by atoms with Crippen LogP contribution in [-0.2, 0) is 0 Å². The van der Waals surface area contributed by atoms with Gasteiger partial charge in [0.1, 0.15) is 5.75 Å². The molecule has 0 atom stereocenters. The van der Waals surface area contributed by atoms with Gasteiger partial charge in [-0.1, -0.05) is 11.6 Å². The molecular formula is C14H15ClFN3O. The Labute approximate surface area is 122 Å². The first-order valence-electron chi connectivity index (χ1n) is 6.22. The van der Waals surface area contributed by atoms with Crippen LogP contribution in [0.5, 0.6) is 11.6 Å². The average molecular weight is 296 g/mol. The minimum Gasteiger partial charge on any atom is -0.436 e. The van der Waals surface area contributed by atoms with Gasteiger partial charge in [-0.15, -0.1) is 0 Å². The quantitative estimate of drug-likeness (QED) is 0.922. The summed E-state index contributed by atoms with van der Waals surface area (Å²) in [6.07, 6.45) is 1.08. The number of benzene rings is 1. The van der Waals surface area contributed by atoms with Crippen molar-refractivity contribution < 1.29 is 9.13 Å². The second-order valence-corrected chi connectivity index (χ2v) is 4.78. The summed E-state index contributed by atoms with van der Waals surface area (Å²) >= 11 is 5.96. The maximum atomic E-state index is 13.7. The molecule has 0 aliphatic rings. The van der Waals surface area contributed by atoms with E-state index >= 15 is 0 Å². The highest BCUT2D eigenvalue weighted by molar-refractivity contribution is 6.30. The van der Waals surface area contributed by atoms with Crippen molar-refractivity contribution in [1.82, 2.24) is 9.97 Å². The Hall–Kier alpha value is -1.88. The summed E-state index contributed by atoms with van der Waals surface area (Å²) in [5, 5.41) is 3.52. The lowest BCUT2D eigenvalue weighted by molar-refractivity contribution is 0.416. The number of aromatic nitrogens is 2. The SMILES string of the molecule is CCNc1ncc(F)c(Oc2c(C)cc(Cl)cc2C)n1. The molecule has 0 saturated carbocycles. The van der Waals surface area contributed by atoms with Crippen molar-refractivity contribution in [3.63, 3.8) is 0 Å². The van der Waals surface area contributed by atoms with E-state index in [4.69, 9.17) is 16.3 Å². The topological polar surface area (TPSA) is 47.0 Å². The third-order valence-electron chi connectivity index (χ3n) is 2.67. The summed E-state index contributed by atoms with van der Waals surface area (Å²) < 4.78 is 19.3. The molecule has 106 valence electrons. The molecule has 0 saturated heterocycles. The molecule has 1 aromatic carbocycles. The molecule has 0 unspecified atom stereocenters. The summed E-state index contributed by atoms with van der Waals surface area (Å²) in [6, 6.07) is 3.52. The zero-order chi connectivity index (χ0) is 14.7. The van der Waals surface area contributed by atoms with E-state index in [1.807, 2.05) is 20.8 Å². The first-order valence-corrected chi connectivity index (χ1v) is 6.60. The standard InChI is InChI=1S/C14H15ClFN3O/c1-4-17-14-18-7-11(16)13(19-14)20-12-8(2)5-10(15)6-9(12)3/h5-7H,4H2,1-3H3,(H,17,18,19). The van der Waals surface area contributed by atoms with Gasteiger partial charge in [0.25, 0.3) is 5.88 Å². The zero-order valence-electron chi connectivity index (χ0n) is 11.5. The summed E-state index contributed by atoms with van der Waals surface area (Å²) in [5.74, 6) is 0.160. The minimum atomic E-state index is -0.611. The molecule has 0 radical (unpaired) electrons. The first-order chi connectivity index (χ1) is 9.51. The van der Waals surface area contributed by atoms with Gasteiger partial charge in [0, 0.05) is 11.6 Å². The number of halogens is 2. The Bertz CT molecular complexity index is 611. The zero-order valence-corrected chi connectivity index (χ0v) is 12.3. The van der Waals surface area contributed by atoms with Gasteiger partial charge < -0.3 is 10.1 Å². The number of rotatable bonds is 4. The van der Waals surface area contributed by atoms with Crippen LogP contribution >= 0.6 is 11.6 Å². The molecule has 0 spiro atoms. The smallest absolute Gasteiger partial charge is 0.260 e. The van der Waals surface area contributed by atoms with Crippen molar-refractivity contribution in [3.05, 3.63) is 40.3 Å². The number of ether oxygens (including phenoxy) is 1. The van der Waals surface area contributed by atoms with Crippen LogP contribution in [0.2, 0.25) is 5.02 Å². The fourth-order valence-electron chi connectivity index (χ4n) is 1.82. The van der Waals surface area contributed by atoms with Crippen LogP contribution in [0.3, 0.4) is 0 Å². The molecule has 1 heterocycles. The molecule has 4 nitrogen and oxygen atoms in total. The lowest BCUT2D eigenvalue weighted by atomic mass is 10.1. The van der Waals surface area contributed by atoms with Gasteiger partial charge in [-0.3, -0.25) is 0 Å². The van der Waals surface area contributed by atoms with E-state index < -0.39 is 5.82 Å². The molecule has 0 aliphatic carbocycles. The number of nitrogens with one attached hydrogen (secondary N) is 1. The second kappa shape index (κ2) is 6.05. The minimum absolute atomic E-state index is 0.107. The van der Waals surface area contributed by atoms with Crippen LogP contribution in [-0.4, -0.2) is 16.5 Å². The summed E-state index contributed by atoms with van der Waals surface area (Å²) in [5.41, 5.74) is 1.64. The Morgan fingerprint density at radius 3 is 2.55 bits per heavy atom. The monoisotopic (exact) mass is 295 g/mol. The van der Waals surface area contributed by atoms with Crippen molar-refractivity contribution in [1.29, 1.82) is 0 Å². The molecule has 0 fully saturated rings. The van der Waals surface area contributed by atoms with E-state index in [1.54, 1.807) is 12.1 Å².